The zero-order valence-electron chi connectivity index (χ0n) is 10.2. The van der Waals surface area contributed by atoms with E-state index < -0.39 is 5.24 Å². The minimum atomic E-state index is -0.492. The maximum atomic E-state index is 11.6. The zero-order valence-corrected chi connectivity index (χ0v) is 10.9. The summed E-state index contributed by atoms with van der Waals surface area (Å²) in [7, 11) is 1.88. The first-order valence-electron chi connectivity index (χ1n) is 5.74. The molecule has 0 bridgehead atoms. The number of hydrogen-bond donors (Lipinski definition) is 0. The predicted molar refractivity (Wildman–Crippen MR) is 74.1 cm³/mol. The maximum Gasteiger partial charge on any atom is 0.253 e. The average Bonchev–Trinajstić information content (AvgIpc) is 2.83. The molecular formula is C14H10ClN3O. The normalized spacial score (nSPS) is 10.8. The first-order chi connectivity index (χ1) is 9.16. The minimum Gasteiger partial charge on any atom is -0.333 e. The summed E-state index contributed by atoms with van der Waals surface area (Å²) in [5.41, 5.74) is 1.81. The summed E-state index contributed by atoms with van der Waals surface area (Å²) < 4.78 is 1.85. The fourth-order valence-electron chi connectivity index (χ4n) is 2.06. The molecule has 0 saturated carbocycles. The Kier molecular flexibility index (Phi) is 2.80. The lowest BCUT2D eigenvalue weighted by atomic mass is 10.1. The summed E-state index contributed by atoms with van der Waals surface area (Å²) in [4.78, 5) is 20.3. The lowest BCUT2D eigenvalue weighted by molar-refractivity contribution is 0.108. The summed E-state index contributed by atoms with van der Waals surface area (Å²) in [5, 5.41) is 0.259. The van der Waals surface area contributed by atoms with Gasteiger partial charge in [-0.1, -0.05) is 18.2 Å². The van der Waals surface area contributed by atoms with Crippen molar-refractivity contribution in [2.75, 3.05) is 0 Å². The first kappa shape index (κ1) is 11.9. The summed E-state index contributed by atoms with van der Waals surface area (Å²) in [6.45, 7) is 0. The number of nitrogens with zero attached hydrogens (tertiary/aromatic N) is 3. The molecule has 3 rings (SSSR count). The van der Waals surface area contributed by atoms with Gasteiger partial charge in [0.15, 0.2) is 5.82 Å². The average molecular weight is 272 g/mol. The van der Waals surface area contributed by atoms with Crippen molar-refractivity contribution in [3.63, 3.8) is 0 Å². The van der Waals surface area contributed by atoms with Crippen molar-refractivity contribution in [2.24, 2.45) is 7.05 Å². The van der Waals surface area contributed by atoms with Gasteiger partial charge in [0.1, 0.15) is 5.69 Å². The number of benzene rings is 1. The van der Waals surface area contributed by atoms with Gasteiger partial charge in [-0.15, -0.1) is 0 Å². The molecular weight excluding hydrogens is 262 g/mol. The van der Waals surface area contributed by atoms with E-state index in [1.165, 1.54) is 0 Å². The van der Waals surface area contributed by atoms with E-state index in [0.717, 1.165) is 10.9 Å². The van der Waals surface area contributed by atoms with Crippen molar-refractivity contribution in [1.82, 2.24) is 14.5 Å². The highest BCUT2D eigenvalue weighted by atomic mass is 35.5. The molecule has 1 aromatic carbocycles. The van der Waals surface area contributed by atoms with Crippen LogP contribution >= 0.6 is 11.6 Å². The van der Waals surface area contributed by atoms with Gasteiger partial charge < -0.3 is 4.57 Å². The van der Waals surface area contributed by atoms with Gasteiger partial charge in [0.25, 0.3) is 5.24 Å². The molecule has 2 heterocycles. The largest absolute Gasteiger partial charge is 0.333 e. The van der Waals surface area contributed by atoms with Crippen molar-refractivity contribution in [2.45, 2.75) is 0 Å². The fourth-order valence-corrected chi connectivity index (χ4v) is 2.22. The van der Waals surface area contributed by atoms with Crippen molar-refractivity contribution in [3.05, 3.63) is 48.3 Å². The Bertz CT molecular complexity index is 779. The Morgan fingerprint density at radius 1 is 1.32 bits per heavy atom. The number of carbonyl (C=O) groups is 1. The molecule has 0 amide bonds. The van der Waals surface area contributed by atoms with Gasteiger partial charge in [0, 0.05) is 30.4 Å². The summed E-state index contributed by atoms with van der Waals surface area (Å²) in [6, 6.07) is 9.10. The Morgan fingerprint density at radius 2 is 2.11 bits per heavy atom. The molecule has 3 aromatic rings. The van der Waals surface area contributed by atoms with E-state index in [1.54, 1.807) is 12.3 Å². The number of rotatable bonds is 2. The van der Waals surface area contributed by atoms with Crippen LogP contribution in [-0.4, -0.2) is 19.8 Å². The highest BCUT2D eigenvalue weighted by Crippen LogP contribution is 2.24. The van der Waals surface area contributed by atoms with Gasteiger partial charge in [0.05, 0.1) is 5.52 Å². The third-order valence-corrected chi connectivity index (χ3v) is 3.18. The van der Waals surface area contributed by atoms with Crippen LogP contribution in [-0.2, 0) is 7.05 Å². The molecule has 0 spiro atoms. The monoisotopic (exact) mass is 271 g/mol. The van der Waals surface area contributed by atoms with Crippen LogP contribution in [0.5, 0.6) is 0 Å². The topological polar surface area (TPSA) is 47.8 Å². The number of para-hydroxylation sites is 1. The van der Waals surface area contributed by atoms with Gasteiger partial charge in [-0.05, 0) is 23.7 Å². The van der Waals surface area contributed by atoms with Crippen molar-refractivity contribution in [1.29, 1.82) is 0 Å². The SMILES string of the molecule is Cn1ccnc1-c1cc(C(=O)Cl)c2ccccc2n1. The van der Waals surface area contributed by atoms with E-state index in [4.69, 9.17) is 11.6 Å². The van der Waals surface area contributed by atoms with Crippen LogP contribution in [0.25, 0.3) is 22.4 Å². The molecule has 0 unspecified atom stereocenters. The third kappa shape index (κ3) is 2.00. The van der Waals surface area contributed by atoms with E-state index in [-0.39, 0.29) is 0 Å². The lowest BCUT2D eigenvalue weighted by Crippen LogP contribution is -1.99. The molecule has 0 N–H and O–H groups in total. The van der Waals surface area contributed by atoms with E-state index in [9.17, 15) is 4.79 Å². The maximum absolute atomic E-state index is 11.6. The van der Waals surface area contributed by atoms with Gasteiger partial charge >= 0.3 is 0 Å². The number of fused-ring (bicyclic) bond motifs is 1. The van der Waals surface area contributed by atoms with Crippen LogP contribution in [0.4, 0.5) is 0 Å². The smallest absolute Gasteiger partial charge is 0.253 e. The van der Waals surface area contributed by atoms with Gasteiger partial charge in [-0.25, -0.2) is 9.97 Å². The Labute approximate surface area is 114 Å². The van der Waals surface area contributed by atoms with Gasteiger partial charge in [-0.3, -0.25) is 4.79 Å². The second-order valence-corrected chi connectivity index (χ2v) is 4.55. The molecule has 2 aromatic heterocycles. The van der Waals surface area contributed by atoms with Crippen LogP contribution in [0.15, 0.2) is 42.7 Å². The predicted octanol–water partition coefficient (Wildman–Crippen LogP) is 3.01. The number of carbonyl (C=O) groups excluding carboxylic acids is 1. The quantitative estimate of drug-likeness (QED) is 0.673. The third-order valence-electron chi connectivity index (χ3n) is 2.98. The van der Waals surface area contributed by atoms with Crippen molar-refractivity contribution in [3.8, 4) is 11.5 Å². The summed E-state index contributed by atoms with van der Waals surface area (Å²) in [6.07, 6.45) is 3.52. The highest BCUT2D eigenvalue weighted by Gasteiger charge is 2.13. The molecule has 4 nitrogen and oxygen atoms in total. The van der Waals surface area contributed by atoms with E-state index >= 15 is 0 Å². The van der Waals surface area contributed by atoms with Crippen LogP contribution < -0.4 is 0 Å². The Morgan fingerprint density at radius 3 is 2.79 bits per heavy atom. The van der Waals surface area contributed by atoms with Crippen LogP contribution in [0.1, 0.15) is 10.4 Å². The Hall–Kier alpha value is -2.20. The lowest BCUT2D eigenvalue weighted by Gasteiger charge is -2.06. The second kappa shape index (κ2) is 4.48. The molecule has 0 fully saturated rings. The molecule has 0 aliphatic heterocycles. The van der Waals surface area contributed by atoms with Gasteiger partial charge in [0.2, 0.25) is 0 Å². The molecule has 0 radical (unpaired) electrons. The van der Waals surface area contributed by atoms with E-state index in [2.05, 4.69) is 9.97 Å². The van der Waals surface area contributed by atoms with Crippen LogP contribution in [0, 0.1) is 0 Å². The number of hydrogen-bond acceptors (Lipinski definition) is 3. The summed E-state index contributed by atoms with van der Waals surface area (Å²) in [5.74, 6) is 0.699. The van der Waals surface area contributed by atoms with Crippen LogP contribution in [0.2, 0.25) is 0 Å². The second-order valence-electron chi connectivity index (χ2n) is 4.21. The summed E-state index contributed by atoms with van der Waals surface area (Å²) >= 11 is 5.66. The standard InChI is InChI=1S/C14H10ClN3O/c1-18-7-6-16-14(18)12-8-10(13(15)19)9-4-2-3-5-11(9)17-12/h2-8H,1H3. The van der Waals surface area contributed by atoms with E-state index in [1.807, 2.05) is 42.1 Å². The zero-order chi connectivity index (χ0) is 13.4. The van der Waals surface area contributed by atoms with Crippen LogP contribution in [0.3, 0.4) is 0 Å². The fraction of sp³-hybridized carbons (Fsp3) is 0.0714. The Balaban J connectivity index is 2.34. The molecule has 0 aliphatic carbocycles. The number of aryl methyl sites for hydroxylation is 1. The molecule has 5 heteroatoms. The molecule has 19 heavy (non-hydrogen) atoms. The molecule has 94 valence electrons. The number of halogens is 1. The molecule has 0 saturated heterocycles. The number of pyridine rings is 1. The van der Waals surface area contributed by atoms with Crippen molar-refractivity contribution >= 4 is 27.7 Å². The number of aromatic nitrogens is 3. The van der Waals surface area contributed by atoms with E-state index in [0.29, 0.717) is 17.1 Å². The molecule has 0 aliphatic rings. The number of imidazole rings is 1. The van der Waals surface area contributed by atoms with Crippen molar-refractivity contribution < 1.29 is 4.79 Å². The molecule has 0 atom stereocenters. The highest BCUT2D eigenvalue weighted by molar-refractivity contribution is 6.68. The first-order valence-corrected chi connectivity index (χ1v) is 6.12. The van der Waals surface area contributed by atoms with Gasteiger partial charge in [-0.2, -0.15) is 0 Å². The minimum absolute atomic E-state index is 0.449.